The van der Waals surface area contributed by atoms with E-state index in [1.807, 2.05) is 54.6 Å². The van der Waals surface area contributed by atoms with Crippen molar-refractivity contribution in [1.82, 2.24) is 0 Å². The van der Waals surface area contributed by atoms with Gasteiger partial charge in [0, 0.05) is 0 Å². The fourth-order valence-electron chi connectivity index (χ4n) is 3.93. The number of phenolic OH excluding ortho intramolecular Hbond substituents is 1. The van der Waals surface area contributed by atoms with E-state index in [4.69, 9.17) is 19.3 Å². The number of rotatable bonds is 13. The molecule has 0 amide bonds. The van der Waals surface area contributed by atoms with Crippen LogP contribution < -0.4 is 4.74 Å². The second-order valence-electron chi connectivity index (χ2n) is 8.98. The maximum atomic E-state index is 11.7. The number of phenols is 1. The van der Waals surface area contributed by atoms with Crippen molar-refractivity contribution in [3.8, 4) is 11.5 Å². The lowest BCUT2D eigenvalue weighted by Gasteiger charge is -2.13. The second-order valence-corrected chi connectivity index (χ2v) is 8.98. The van der Waals surface area contributed by atoms with Crippen LogP contribution in [0.15, 0.2) is 104 Å². The molecule has 0 radical (unpaired) electrons. The highest BCUT2D eigenvalue weighted by Gasteiger charge is 2.19. The number of carbonyl (C=O) groups excluding carboxylic acids is 2. The molecular formula is C33H38O6. The largest absolute Gasteiger partial charge is 0.508 e. The van der Waals surface area contributed by atoms with Gasteiger partial charge in [0.1, 0.15) is 18.1 Å². The number of methoxy groups -OCH3 is 2. The van der Waals surface area contributed by atoms with Gasteiger partial charge in [-0.25, -0.2) is 0 Å². The summed E-state index contributed by atoms with van der Waals surface area (Å²) < 4.78 is 15.3. The SMILES string of the molecule is C=CCC(Cc1ccc(O)cc1)C(=O)OC.C=CCC(Cc1ccc(OCc2ccccc2)cc1)C(=O)OC. The Morgan fingerprint density at radius 1 is 0.718 bits per heavy atom. The van der Waals surface area contributed by atoms with Crippen LogP contribution in [0.1, 0.15) is 29.5 Å². The molecule has 2 unspecified atom stereocenters. The Balaban J connectivity index is 0.000000293. The molecule has 0 spiro atoms. The molecule has 2 atom stereocenters. The first-order valence-corrected chi connectivity index (χ1v) is 12.8. The Labute approximate surface area is 231 Å². The molecule has 0 heterocycles. The maximum absolute atomic E-state index is 11.7. The lowest BCUT2D eigenvalue weighted by Crippen LogP contribution is -2.18. The molecule has 6 nitrogen and oxygen atoms in total. The molecule has 3 aromatic rings. The highest BCUT2D eigenvalue weighted by molar-refractivity contribution is 5.73. The van der Waals surface area contributed by atoms with Crippen LogP contribution in [-0.2, 0) is 38.5 Å². The topological polar surface area (TPSA) is 82.1 Å². The van der Waals surface area contributed by atoms with E-state index in [1.165, 1.54) is 14.2 Å². The first kappa shape index (κ1) is 30.9. The summed E-state index contributed by atoms with van der Waals surface area (Å²) in [5.74, 6) is 0.223. The number of hydrogen-bond acceptors (Lipinski definition) is 6. The summed E-state index contributed by atoms with van der Waals surface area (Å²) >= 11 is 0. The van der Waals surface area contributed by atoms with E-state index in [1.54, 1.807) is 36.4 Å². The Morgan fingerprint density at radius 2 is 1.18 bits per heavy atom. The van der Waals surface area contributed by atoms with Gasteiger partial charge in [0.25, 0.3) is 0 Å². The van der Waals surface area contributed by atoms with Crippen LogP contribution in [0.3, 0.4) is 0 Å². The minimum atomic E-state index is -0.229. The van der Waals surface area contributed by atoms with Crippen molar-refractivity contribution in [2.45, 2.75) is 32.3 Å². The average molecular weight is 531 g/mol. The van der Waals surface area contributed by atoms with Crippen LogP contribution >= 0.6 is 0 Å². The van der Waals surface area contributed by atoms with E-state index in [-0.39, 0.29) is 29.5 Å². The van der Waals surface area contributed by atoms with Gasteiger partial charge in [-0.15, -0.1) is 13.2 Å². The fraction of sp³-hybridized carbons (Fsp3) is 0.273. The summed E-state index contributed by atoms with van der Waals surface area (Å²) in [4.78, 5) is 23.2. The smallest absolute Gasteiger partial charge is 0.309 e. The minimum Gasteiger partial charge on any atom is -0.508 e. The predicted molar refractivity (Wildman–Crippen MR) is 153 cm³/mol. The lowest BCUT2D eigenvalue weighted by atomic mass is 9.96. The first-order chi connectivity index (χ1) is 18.9. The zero-order valence-electron chi connectivity index (χ0n) is 22.8. The summed E-state index contributed by atoms with van der Waals surface area (Å²) in [5.41, 5.74) is 3.21. The van der Waals surface area contributed by atoms with Crippen LogP contribution in [0.4, 0.5) is 0 Å². The molecule has 6 heteroatoms. The van der Waals surface area contributed by atoms with Gasteiger partial charge < -0.3 is 19.3 Å². The first-order valence-electron chi connectivity index (χ1n) is 12.8. The zero-order valence-corrected chi connectivity index (χ0v) is 22.8. The van der Waals surface area contributed by atoms with Crippen LogP contribution in [0, 0.1) is 11.8 Å². The second kappa shape index (κ2) is 17.2. The molecule has 0 aliphatic carbocycles. The number of esters is 2. The van der Waals surface area contributed by atoms with Crippen molar-refractivity contribution in [3.63, 3.8) is 0 Å². The van der Waals surface area contributed by atoms with Crippen molar-refractivity contribution in [2.24, 2.45) is 11.8 Å². The Kier molecular flexibility index (Phi) is 13.7. The van der Waals surface area contributed by atoms with Crippen molar-refractivity contribution in [1.29, 1.82) is 0 Å². The Bertz CT molecular complexity index is 1150. The van der Waals surface area contributed by atoms with Gasteiger partial charge in [-0.3, -0.25) is 9.59 Å². The normalized spacial score (nSPS) is 11.6. The van der Waals surface area contributed by atoms with Crippen molar-refractivity contribution >= 4 is 11.9 Å². The molecule has 1 N–H and O–H groups in total. The van der Waals surface area contributed by atoms with E-state index < -0.39 is 0 Å². The van der Waals surface area contributed by atoms with Crippen molar-refractivity contribution in [3.05, 3.63) is 121 Å². The van der Waals surface area contributed by atoms with E-state index in [0.717, 1.165) is 22.4 Å². The van der Waals surface area contributed by atoms with Crippen LogP contribution in [0.2, 0.25) is 0 Å². The van der Waals surface area contributed by atoms with Gasteiger partial charge in [-0.05, 0) is 66.6 Å². The third-order valence-corrected chi connectivity index (χ3v) is 6.04. The van der Waals surface area contributed by atoms with Crippen LogP contribution in [0.25, 0.3) is 0 Å². The van der Waals surface area contributed by atoms with E-state index in [2.05, 4.69) is 13.2 Å². The van der Waals surface area contributed by atoms with Gasteiger partial charge in [-0.2, -0.15) is 0 Å². The quantitative estimate of drug-likeness (QED) is 0.201. The predicted octanol–water partition coefficient (Wildman–Crippen LogP) is 6.47. The lowest BCUT2D eigenvalue weighted by molar-refractivity contribution is -0.146. The van der Waals surface area contributed by atoms with E-state index in [9.17, 15) is 9.59 Å². The minimum absolute atomic E-state index is 0.186. The molecule has 206 valence electrons. The number of aromatic hydroxyl groups is 1. The monoisotopic (exact) mass is 530 g/mol. The van der Waals surface area contributed by atoms with Crippen molar-refractivity contribution in [2.75, 3.05) is 14.2 Å². The third-order valence-electron chi connectivity index (χ3n) is 6.04. The molecule has 0 fully saturated rings. The molecule has 0 aliphatic heterocycles. The summed E-state index contributed by atoms with van der Waals surface area (Å²) in [7, 11) is 2.80. The van der Waals surface area contributed by atoms with Gasteiger partial charge in [0.15, 0.2) is 0 Å². The van der Waals surface area contributed by atoms with Crippen LogP contribution in [0.5, 0.6) is 11.5 Å². The number of benzene rings is 3. The highest BCUT2D eigenvalue weighted by atomic mass is 16.5. The zero-order chi connectivity index (χ0) is 28.5. The number of carbonyl (C=O) groups is 2. The summed E-state index contributed by atoms with van der Waals surface area (Å²) in [5, 5.41) is 9.14. The maximum Gasteiger partial charge on any atom is 0.309 e. The van der Waals surface area contributed by atoms with E-state index >= 15 is 0 Å². The molecular weight excluding hydrogens is 492 g/mol. The number of hydrogen-bond donors (Lipinski definition) is 1. The number of ether oxygens (including phenoxy) is 3. The fourth-order valence-corrected chi connectivity index (χ4v) is 3.93. The van der Waals surface area contributed by atoms with Gasteiger partial charge >= 0.3 is 11.9 Å². The highest BCUT2D eigenvalue weighted by Crippen LogP contribution is 2.19. The summed E-state index contributed by atoms with van der Waals surface area (Å²) in [6.45, 7) is 7.87. The molecule has 0 aromatic heterocycles. The molecule has 0 aliphatic rings. The van der Waals surface area contributed by atoms with Gasteiger partial charge in [0.05, 0.1) is 26.1 Å². The number of allylic oxidation sites excluding steroid dienone is 2. The molecule has 39 heavy (non-hydrogen) atoms. The molecule has 0 saturated heterocycles. The Morgan fingerprint density at radius 3 is 1.62 bits per heavy atom. The molecule has 0 bridgehead atoms. The standard InChI is InChI=1S/C20H22O3.C13H16O3/c1-3-7-18(20(21)22-2)14-16-10-12-19(13-11-16)23-15-17-8-5-4-6-9-17;1-3-4-11(13(15)16-2)9-10-5-7-12(14)8-6-10/h3-6,8-13,18H,1,7,14-15H2,2H3;3,5-8,11,14H,1,4,9H2,2H3. The summed E-state index contributed by atoms with van der Waals surface area (Å²) in [6, 6.07) is 24.7. The van der Waals surface area contributed by atoms with E-state index in [0.29, 0.717) is 32.3 Å². The Hall–Kier alpha value is -4.32. The van der Waals surface area contributed by atoms with Crippen LogP contribution in [-0.4, -0.2) is 31.3 Å². The third kappa shape index (κ3) is 11.3. The average Bonchev–Trinajstić information content (AvgIpc) is 2.97. The van der Waals surface area contributed by atoms with Gasteiger partial charge in [-0.1, -0.05) is 66.7 Å². The molecule has 0 saturated carbocycles. The van der Waals surface area contributed by atoms with Gasteiger partial charge in [0.2, 0.25) is 0 Å². The van der Waals surface area contributed by atoms with Crippen molar-refractivity contribution < 1.29 is 28.9 Å². The molecule has 3 aromatic carbocycles. The summed E-state index contributed by atoms with van der Waals surface area (Å²) in [6.07, 6.45) is 5.89. The molecule has 3 rings (SSSR count).